The molecule has 32 heavy (non-hydrogen) atoms. The lowest BCUT2D eigenvalue weighted by molar-refractivity contribution is 0.405. The number of methoxy groups -OCH3 is 2. The van der Waals surface area contributed by atoms with Gasteiger partial charge in [0.25, 0.3) is 0 Å². The van der Waals surface area contributed by atoms with E-state index in [2.05, 4.69) is 55.5 Å². The molecule has 0 heterocycles. The SMILES string of the molecule is COc1cccc2c1c(OC)cc1c3c(ccc12)C(CCc1ccc(C)c(Cl)c1)CCC3. The van der Waals surface area contributed by atoms with E-state index in [1.807, 2.05) is 6.07 Å². The fourth-order valence-electron chi connectivity index (χ4n) is 5.40. The Morgan fingerprint density at radius 3 is 2.53 bits per heavy atom. The molecule has 4 aromatic rings. The van der Waals surface area contributed by atoms with E-state index in [0.717, 1.165) is 46.7 Å². The number of ether oxygens (including phenoxy) is 2. The van der Waals surface area contributed by atoms with Crippen LogP contribution in [0.4, 0.5) is 0 Å². The lowest BCUT2D eigenvalue weighted by Crippen LogP contribution is -2.11. The van der Waals surface area contributed by atoms with Crippen molar-refractivity contribution in [2.45, 2.75) is 44.9 Å². The highest BCUT2D eigenvalue weighted by Gasteiger charge is 2.23. The molecule has 0 aromatic heterocycles. The first-order valence-corrected chi connectivity index (χ1v) is 11.8. The Bertz CT molecular complexity index is 1310. The number of aryl methyl sites for hydroxylation is 3. The molecule has 1 aliphatic rings. The third-order valence-electron chi connectivity index (χ3n) is 7.11. The van der Waals surface area contributed by atoms with Crippen molar-refractivity contribution in [3.8, 4) is 11.5 Å². The lowest BCUT2D eigenvalue weighted by atomic mass is 9.77. The van der Waals surface area contributed by atoms with E-state index in [1.54, 1.807) is 14.2 Å². The Morgan fingerprint density at radius 1 is 0.906 bits per heavy atom. The lowest BCUT2D eigenvalue weighted by Gasteiger charge is -2.27. The molecule has 0 radical (unpaired) electrons. The molecule has 0 N–H and O–H groups in total. The Morgan fingerprint density at radius 2 is 1.75 bits per heavy atom. The normalized spacial score (nSPS) is 15.7. The molecule has 0 bridgehead atoms. The number of fused-ring (bicyclic) bond motifs is 5. The molecule has 0 aliphatic heterocycles. The third-order valence-corrected chi connectivity index (χ3v) is 7.52. The molecule has 0 saturated heterocycles. The minimum absolute atomic E-state index is 0.579. The van der Waals surface area contributed by atoms with Crippen molar-refractivity contribution in [2.75, 3.05) is 14.2 Å². The van der Waals surface area contributed by atoms with E-state index in [4.69, 9.17) is 21.1 Å². The van der Waals surface area contributed by atoms with Gasteiger partial charge < -0.3 is 9.47 Å². The highest BCUT2D eigenvalue weighted by molar-refractivity contribution is 6.31. The summed E-state index contributed by atoms with van der Waals surface area (Å²) in [5, 5.41) is 5.71. The second-order valence-corrected chi connectivity index (χ2v) is 9.31. The summed E-state index contributed by atoms with van der Waals surface area (Å²) in [5.74, 6) is 2.32. The van der Waals surface area contributed by atoms with Gasteiger partial charge in [0.2, 0.25) is 0 Å². The number of rotatable bonds is 5. The van der Waals surface area contributed by atoms with E-state index in [9.17, 15) is 0 Å². The summed E-state index contributed by atoms with van der Waals surface area (Å²) in [7, 11) is 3.47. The van der Waals surface area contributed by atoms with Crippen molar-refractivity contribution >= 4 is 33.1 Å². The Kier molecular flexibility index (Phi) is 5.73. The minimum Gasteiger partial charge on any atom is -0.496 e. The van der Waals surface area contributed by atoms with Crippen LogP contribution in [-0.4, -0.2) is 14.2 Å². The van der Waals surface area contributed by atoms with Crippen molar-refractivity contribution in [3.05, 3.63) is 81.9 Å². The van der Waals surface area contributed by atoms with Gasteiger partial charge in [-0.1, -0.05) is 48.0 Å². The topological polar surface area (TPSA) is 18.5 Å². The first-order valence-electron chi connectivity index (χ1n) is 11.4. The number of hydrogen-bond donors (Lipinski definition) is 0. The molecule has 164 valence electrons. The van der Waals surface area contributed by atoms with Crippen molar-refractivity contribution in [2.24, 2.45) is 0 Å². The van der Waals surface area contributed by atoms with Gasteiger partial charge in [-0.3, -0.25) is 0 Å². The molecule has 2 nitrogen and oxygen atoms in total. The summed E-state index contributed by atoms with van der Waals surface area (Å²) in [5.41, 5.74) is 5.46. The summed E-state index contributed by atoms with van der Waals surface area (Å²) in [6.07, 6.45) is 5.80. The molecular formula is C29H29ClO2. The fraction of sp³-hybridized carbons (Fsp3) is 0.310. The molecule has 0 spiro atoms. The molecule has 1 atom stereocenters. The number of benzene rings is 4. The first kappa shape index (κ1) is 21.2. The van der Waals surface area contributed by atoms with Crippen molar-refractivity contribution < 1.29 is 9.47 Å². The zero-order chi connectivity index (χ0) is 22.2. The number of halogens is 1. The molecule has 4 aromatic carbocycles. The highest BCUT2D eigenvalue weighted by Crippen LogP contribution is 2.44. The zero-order valence-corrected chi connectivity index (χ0v) is 19.8. The largest absolute Gasteiger partial charge is 0.496 e. The maximum Gasteiger partial charge on any atom is 0.131 e. The summed E-state index contributed by atoms with van der Waals surface area (Å²) in [6, 6.07) is 19.6. The molecule has 0 saturated carbocycles. The van der Waals surface area contributed by atoms with E-state index in [0.29, 0.717) is 5.92 Å². The highest BCUT2D eigenvalue weighted by atomic mass is 35.5. The third kappa shape index (κ3) is 3.61. The second-order valence-electron chi connectivity index (χ2n) is 8.90. The van der Waals surface area contributed by atoms with Crippen LogP contribution in [0.3, 0.4) is 0 Å². The zero-order valence-electron chi connectivity index (χ0n) is 19.0. The van der Waals surface area contributed by atoms with E-state index in [-0.39, 0.29) is 0 Å². The minimum atomic E-state index is 0.579. The van der Waals surface area contributed by atoms with E-state index < -0.39 is 0 Å². The quantitative estimate of drug-likeness (QED) is 0.290. The van der Waals surface area contributed by atoms with Gasteiger partial charge in [0, 0.05) is 5.02 Å². The molecule has 3 heteroatoms. The average Bonchev–Trinajstić information content (AvgIpc) is 2.83. The summed E-state index contributed by atoms with van der Waals surface area (Å²) in [4.78, 5) is 0. The summed E-state index contributed by atoms with van der Waals surface area (Å²) in [6.45, 7) is 2.06. The molecule has 1 unspecified atom stereocenters. The van der Waals surface area contributed by atoms with Crippen LogP contribution in [0.5, 0.6) is 11.5 Å². The molecular weight excluding hydrogens is 416 g/mol. The van der Waals surface area contributed by atoms with Crippen LogP contribution >= 0.6 is 11.6 Å². The van der Waals surface area contributed by atoms with Gasteiger partial charge in [0.1, 0.15) is 11.5 Å². The molecule has 1 aliphatic carbocycles. The summed E-state index contributed by atoms with van der Waals surface area (Å²) < 4.78 is 11.5. The molecule has 5 rings (SSSR count). The van der Waals surface area contributed by atoms with Gasteiger partial charge in [-0.25, -0.2) is 0 Å². The Balaban J connectivity index is 1.57. The van der Waals surface area contributed by atoms with Crippen LogP contribution in [0.15, 0.2) is 54.6 Å². The fourth-order valence-corrected chi connectivity index (χ4v) is 5.60. The molecule has 0 amide bonds. The predicted molar refractivity (Wildman–Crippen MR) is 135 cm³/mol. The maximum absolute atomic E-state index is 6.36. The van der Waals surface area contributed by atoms with Crippen LogP contribution in [0, 0.1) is 6.92 Å². The van der Waals surface area contributed by atoms with Crippen molar-refractivity contribution in [1.29, 1.82) is 0 Å². The van der Waals surface area contributed by atoms with Gasteiger partial charge in [0.15, 0.2) is 0 Å². The Hall–Kier alpha value is -2.71. The number of hydrogen-bond acceptors (Lipinski definition) is 2. The Labute approximate surface area is 195 Å². The standard InChI is InChI=1S/C29H29ClO2/c1-18-10-11-19(16-26(18)30)12-13-20-6-4-7-22-21(20)14-15-23-24-8-5-9-27(31-2)29(24)28(32-3)17-25(22)23/h5,8-11,14-17,20H,4,6-7,12-13H2,1-3H3. The van der Waals surface area contributed by atoms with Crippen molar-refractivity contribution in [1.82, 2.24) is 0 Å². The van der Waals surface area contributed by atoms with Gasteiger partial charge in [-0.15, -0.1) is 0 Å². The second kappa shape index (κ2) is 8.67. The smallest absolute Gasteiger partial charge is 0.131 e. The van der Waals surface area contributed by atoms with Gasteiger partial charge in [-0.05, 0) is 102 Å². The van der Waals surface area contributed by atoms with Gasteiger partial charge in [0.05, 0.1) is 19.6 Å². The maximum atomic E-state index is 6.36. The van der Waals surface area contributed by atoms with Crippen LogP contribution in [0.2, 0.25) is 5.02 Å². The van der Waals surface area contributed by atoms with E-state index >= 15 is 0 Å². The van der Waals surface area contributed by atoms with Crippen LogP contribution in [0.25, 0.3) is 21.5 Å². The van der Waals surface area contributed by atoms with Crippen LogP contribution in [-0.2, 0) is 12.8 Å². The van der Waals surface area contributed by atoms with Crippen LogP contribution < -0.4 is 9.47 Å². The predicted octanol–water partition coefficient (Wildman–Crippen LogP) is 8.02. The average molecular weight is 445 g/mol. The first-order chi connectivity index (χ1) is 15.6. The monoisotopic (exact) mass is 444 g/mol. The molecule has 0 fully saturated rings. The van der Waals surface area contributed by atoms with Gasteiger partial charge >= 0.3 is 0 Å². The van der Waals surface area contributed by atoms with Gasteiger partial charge in [-0.2, -0.15) is 0 Å². The van der Waals surface area contributed by atoms with Crippen LogP contribution in [0.1, 0.15) is 47.4 Å². The van der Waals surface area contributed by atoms with E-state index in [1.165, 1.54) is 45.7 Å². The summed E-state index contributed by atoms with van der Waals surface area (Å²) >= 11 is 6.36. The van der Waals surface area contributed by atoms with Crippen molar-refractivity contribution in [3.63, 3.8) is 0 Å².